The lowest BCUT2D eigenvalue weighted by Gasteiger charge is -1.96. The molecule has 0 amide bonds. The fraction of sp³-hybridized carbons (Fsp3) is 0.0909. The first-order valence-electron chi connectivity index (χ1n) is 4.12. The Kier molecular flexibility index (Phi) is 1.81. The first-order chi connectivity index (χ1) is 6.27. The van der Waals surface area contributed by atoms with Gasteiger partial charge in [-0.2, -0.15) is 0 Å². The topological polar surface area (TPSA) is 33.4 Å². The number of aryl methyl sites for hydroxylation is 1. The molecule has 1 heterocycles. The maximum atomic E-state index is 9.13. The molecule has 0 bridgehead atoms. The van der Waals surface area contributed by atoms with E-state index in [2.05, 4.69) is 0 Å². The Hall–Kier alpha value is -1.70. The molecule has 2 nitrogen and oxygen atoms in total. The second kappa shape index (κ2) is 2.98. The fourth-order valence-electron chi connectivity index (χ4n) is 1.34. The predicted octanol–water partition coefficient (Wildman–Crippen LogP) is 2.96. The van der Waals surface area contributed by atoms with Crippen LogP contribution in [0.2, 0.25) is 0 Å². The van der Waals surface area contributed by atoms with Crippen molar-refractivity contribution in [3.63, 3.8) is 0 Å². The highest BCUT2D eigenvalue weighted by atomic mass is 16.5. The molecule has 66 valence electrons. The molecule has 1 aromatic carbocycles. The predicted molar refractivity (Wildman–Crippen MR) is 50.5 cm³/mol. The van der Waals surface area contributed by atoms with Gasteiger partial charge < -0.3 is 9.52 Å². The van der Waals surface area contributed by atoms with Crippen LogP contribution in [0.3, 0.4) is 0 Å². The van der Waals surface area contributed by atoms with Crippen LogP contribution < -0.4 is 0 Å². The monoisotopic (exact) mass is 174 g/mol. The molecule has 13 heavy (non-hydrogen) atoms. The molecule has 2 rings (SSSR count). The van der Waals surface area contributed by atoms with Crippen molar-refractivity contribution in [2.24, 2.45) is 0 Å². The van der Waals surface area contributed by atoms with E-state index < -0.39 is 0 Å². The van der Waals surface area contributed by atoms with Gasteiger partial charge in [-0.15, -0.1) is 0 Å². The summed E-state index contributed by atoms with van der Waals surface area (Å²) in [5.74, 6) is 0.703. The minimum atomic E-state index is -0.0312. The van der Waals surface area contributed by atoms with Crippen LogP contribution in [-0.4, -0.2) is 5.11 Å². The molecule has 0 aliphatic rings. The van der Waals surface area contributed by atoms with Gasteiger partial charge in [0.25, 0.3) is 5.95 Å². The van der Waals surface area contributed by atoms with Crippen LogP contribution in [0.15, 0.2) is 40.8 Å². The van der Waals surface area contributed by atoms with Crippen LogP contribution in [0.1, 0.15) is 5.56 Å². The van der Waals surface area contributed by atoms with Gasteiger partial charge in [-0.1, -0.05) is 30.3 Å². The normalized spacial score (nSPS) is 10.2. The molecule has 0 saturated heterocycles. The highest BCUT2D eigenvalue weighted by Crippen LogP contribution is 2.29. The smallest absolute Gasteiger partial charge is 0.282 e. The Balaban J connectivity index is 2.53. The van der Waals surface area contributed by atoms with Crippen LogP contribution in [-0.2, 0) is 0 Å². The van der Waals surface area contributed by atoms with Gasteiger partial charge in [0, 0.05) is 11.6 Å². The van der Waals surface area contributed by atoms with Gasteiger partial charge in [0.15, 0.2) is 0 Å². The highest BCUT2D eigenvalue weighted by molar-refractivity contribution is 5.61. The summed E-state index contributed by atoms with van der Waals surface area (Å²) < 4.78 is 5.16. The zero-order valence-electron chi connectivity index (χ0n) is 7.32. The minimum Gasteiger partial charge on any atom is -0.481 e. The second-order valence-corrected chi connectivity index (χ2v) is 2.96. The molecule has 1 aromatic heterocycles. The van der Waals surface area contributed by atoms with E-state index in [0.29, 0.717) is 0 Å². The van der Waals surface area contributed by atoms with Crippen molar-refractivity contribution in [3.05, 3.63) is 42.0 Å². The zero-order chi connectivity index (χ0) is 9.26. The van der Waals surface area contributed by atoms with Gasteiger partial charge in [-0.05, 0) is 12.5 Å². The van der Waals surface area contributed by atoms with Crippen LogP contribution in [0.5, 0.6) is 5.95 Å². The lowest BCUT2D eigenvalue weighted by atomic mass is 10.1. The van der Waals surface area contributed by atoms with Crippen molar-refractivity contribution in [2.45, 2.75) is 6.92 Å². The molecule has 1 N–H and O–H groups in total. The summed E-state index contributed by atoms with van der Waals surface area (Å²) >= 11 is 0. The molecule has 0 radical (unpaired) electrons. The number of rotatable bonds is 1. The van der Waals surface area contributed by atoms with Gasteiger partial charge in [-0.3, -0.25) is 0 Å². The van der Waals surface area contributed by atoms with Crippen molar-refractivity contribution in [3.8, 4) is 17.3 Å². The van der Waals surface area contributed by atoms with E-state index in [1.54, 1.807) is 6.07 Å². The zero-order valence-corrected chi connectivity index (χ0v) is 7.32. The minimum absolute atomic E-state index is 0.0312. The average molecular weight is 174 g/mol. The fourth-order valence-corrected chi connectivity index (χ4v) is 1.34. The molecular formula is C11H10O2. The summed E-state index contributed by atoms with van der Waals surface area (Å²) in [7, 11) is 0. The first-order valence-corrected chi connectivity index (χ1v) is 4.12. The largest absolute Gasteiger partial charge is 0.481 e. The maximum Gasteiger partial charge on any atom is 0.282 e. The Bertz CT molecular complexity index is 401. The molecule has 0 atom stereocenters. The lowest BCUT2D eigenvalue weighted by Crippen LogP contribution is -1.74. The Morgan fingerprint density at radius 1 is 1.15 bits per heavy atom. The standard InChI is InChI=1S/C11H10O2/c1-8-7-10(12)13-11(8)9-5-3-2-4-6-9/h2-7,12H,1H3. The van der Waals surface area contributed by atoms with Crippen molar-refractivity contribution < 1.29 is 9.52 Å². The number of aromatic hydroxyl groups is 1. The highest BCUT2D eigenvalue weighted by Gasteiger charge is 2.07. The molecule has 0 unspecified atom stereocenters. The van der Waals surface area contributed by atoms with Crippen LogP contribution in [0.25, 0.3) is 11.3 Å². The molecule has 0 aliphatic heterocycles. The quantitative estimate of drug-likeness (QED) is 0.721. The van der Waals surface area contributed by atoms with E-state index >= 15 is 0 Å². The number of hydrogen-bond acceptors (Lipinski definition) is 2. The molecule has 2 aromatic rings. The molecule has 0 saturated carbocycles. The van der Waals surface area contributed by atoms with E-state index in [0.717, 1.165) is 16.9 Å². The summed E-state index contributed by atoms with van der Waals surface area (Å²) in [4.78, 5) is 0. The third kappa shape index (κ3) is 1.43. The maximum absolute atomic E-state index is 9.13. The van der Waals surface area contributed by atoms with E-state index in [4.69, 9.17) is 9.52 Å². The number of benzene rings is 1. The summed E-state index contributed by atoms with van der Waals surface area (Å²) in [6.45, 7) is 1.91. The summed E-state index contributed by atoms with van der Waals surface area (Å²) in [5.41, 5.74) is 1.93. The summed E-state index contributed by atoms with van der Waals surface area (Å²) in [6, 6.07) is 11.3. The van der Waals surface area contributed by atoms with Crippen LogP contribution in [0, 0.1) is 6.92 Å². The Morgan fingerprint density at radius 2 is 1.85 bits per heavy atom. The molecule has 0 spiro atoms. The van der Waals surface area contributed by atoms with E-state index in [9.17, 15) is 0 Å². The van der Waals surface area contributed by atoms with Crippen molar-refractivity contribution in [2.75, 3.05) is 0 Å². The summed E-state index contributed by atoms with van der Waals surface area (Å²) in [6.07, 6.45) is 0. The second-order valence-electron chi connectivity index (χ2n) is 2.96. The number of furan rings is 1. The average Bonchev–Trinajstić information content (AvgIpc) is 2.47. The van der Waals surface area contributed by atoms with Gasteiger partial charge in [0.05, 0.1) is 0 Å². The van der Waals surface area contributed by atoms with E-state index in [1.165, 1.54) is 0 Å². The van der Waals surface area contributed by atoms with Crippen LogP contribution >= 0.6 is 0 Å². The third-order valence-electron chi connectivity index (χ3n) is 1.94. The van der Waals surface area contributed by atoms with Gasteiger partial charge in [0.1, 0.15) is 5.76 Å². The molecular weight excluding hydrogens is 164 g/mol. The summed E-state index contributed by atoms with van der Waals surface area (Å²) in [5, 5.41) is 9.13. The SMILES string of the molecule is Cc1cc(O)oc1-c1ccccc1. The van der Waals surface area contributed by atoms with Crippen molar-refractivity contribution >= 4 is 0 Å². The van der Waals surface area contributed by atoms with E-state index in [-0.39, 0.29) is 5.95 Å². The number of hydrogen-bond donors (Lipinski definition) is 1. The third-order valence-corrected chi connectivity index (χ3v) is 1.94. The van der Waals surface area contributed by atoms with E-state index in [1.807, 2.05) is 37.3 Å². The lowest BCUT2D eigenvalue weighted by molar-refractivity contribution is 0.337. The van der Waals surface area contributed by atoms with Crippen molar-refractivity contribution in [1.29, 1.82) is 0 Å². The molecule has 0 aliphatic carbocycles. The van der Waals surface area contributed by atoms with Crippen LogP contribution in [0.4, 0.5) is 0 Å². The van der Waals surface area contributed by atoms with Gasteiger partial charge >= 0.3 is 0 Å². The Labute approximate surface area is 76.4 Å². The van der Waals surface area contributed by atoms with Crippen molar-refractivity contribution in [1.82, 2.24) is 0 Å². The van der Waals surface area contributed by atoms with Gasteiger partial charge in [0.2, 0.25) is 0 Å². The Morgan fingerprint density at radius 3 is 2.38 bits per heavy atom. The van der Waals surface area contributed by atoms with Gasteiger partial charge in [-0.25, -0.2) is 0 Å². The molecule has 2 heteroatoms. The first kappa shape index (κ1) is 7.92. The molecule has 0 fully saturated rings.